The minimum atomic E-state index is -5.12. The summed E-state index contributed by atoms with van der Waals surface area (Å²) in [5.74, 6) is -1.18. The minimum Gasteiger partial charge on any atom is -0.497 e. The third kappa shape index (κ3) is 2.90. The summed E-state index contributed by atoms with van der Waals surface area (Å²) >= 11 is 0. The van der Waals surface area contributed by atoms with E-state index in [2.05, 4.69) is 0 Å². The van der Waals surface area contributed by atoms with E-state index in [1.54, 1.807) is 0 Å². The second kappa shape index (κ2) is 6.16. The molecule has 1 N–H and O–H groups in total. The first-order valence-corrected chi connectivity index (χ1v) is 7.03. The highest BCUT2D eigenvalue weighted by atomic mass is 19.4. The van der Waals surface area contributed by atoms with Gasteiger partial charge in [-0.1, -0.05) is 12.1 Å². The van der Waals surface area contributed by atoms with E-state index < -0.39 is 23.2 Å². The average molecular weight is 317 g/mol. The molecule has 0 unspecified atom stereocenters. The van der Waals surface area contributed by atoms with Crippen LogP contribution in [-0.2, 0) is 10.4 Å². The van der Waals surface area contributed by atoms with Gasteiger partial charge in [0, 0.05) is 18.7 Å². The molecule has 0 bridgehead atoms. The number of nitrogens with zero attached hydrogens (tertiary/aromatic N) is 1. The molecule has 22 heavy (non-hydrogen) atoms. The van der Waals surface area contributed by atoms with Gasteiger partial charge >= 0.3 is 6.18 Å². The highest BCUT2D eigenvalue weighted by Gasteiger charge is 2.62. The average Bonchev–Trinajstić information content (AvgIpc) is 2.53. The molecule has 2 rings (SSSR count). The van der Waals surface area contributed by atoms with Gasteiger partial charge in [0.2, 0.25) is 0 Å². The number of carbonyl (C=O) groups excluding carboxylic acids is 1. The van der Waals surface area contributed by atoms with Gasteiger partial charge in [-0.25, -0.2) is 0 Å². The lowest BCUT2D eigenvalue weighted by atomic mass is 9.90. The molecule has 7 heteroatoms. The number of carbonyl (C=O) groups is 1. The molecule has 0 aromatic heterocycles. The fraction of sp³-hybridized carbons (Fsp3) is 0.533. The van der Waals surface area contributed by atoms with E-state index in [-0.39, 0.29) is 18.8 Å². The number of aliphatic hydroxyl groups is 1. The van der Waals surface area contributed by atoms with Crippen LogP contribution in [0.5, 0.6) is 5.75 Å². The van der Waals surface area contributed by atoms with Crippen molar-refractivity contribution in [2.24, 2.45) is 0 Å². The molecule has 1 aromatic rings. The van der Waals surface area contributed by atoms with Crippen LogP contribution in [0.3, 0.4) is 0 Å². The second-order valence-electron chi connectivity index (χ2n) is 5.29. The zero-order valence-corrected chi connectivity index (χ0v) is 12.2. The third-order valence-electron chi connectivity index (χ3n) is 3.85. The number of hydrogen-bond acceptors (Lipinski definition) is 3. The van der Waals surface area contributed by atoms with Gasteiger partial charge in [0.15, 0.2) is 0 Å². The normalized spacial score (nSPS) is 18.7. The van der Waals surface area contributed by atoms with Gasteiger partial charge in [-0.05, 0) is 31.4 Å². The van der Waals surface area contributed by atoms with Gasteiger partial charge < -0.3 is 14.7 Å². The predicted molar refractivity (Wildman–Crippen MR) is 73.4 cm³/mol. The van der Waals surface area contributed by atoms with Crippen LogP contribution in [0.2, 0.25) is 0 Å². The monoisotopic (exact) mass is 317 g/mol. The van der Waals surface area contributed by atoms with Gasteiger partial charge in [0.25, 0.3) is 11.5 Å². The molecule has 1 aromatic carbocycles. The molecule has 1 aliphatic heterocycles. The largest absolute Gasteiger partial charge is 0.497 e. The summed E-state index contributed by atoms with van der Waals surface area (Å²) in [6.07, 6.45) is -2.98. The number of halogens is 3. The molecule has 122 valence electrons. The summed E-state index contributed by atoms with van der Waals surface area (Å²) in [4.78, 5) is 13.5. The van der Waals surface area contributed by atoms with Crippen LogP contribution in [0.4, 0.5) is 13.2 Å². The maximum absolute atomic E-state index is 13.5. The molecule has 0 spiro atoms. The third-order valence-corrected chi connectivity index (χ3v) is 3.85. The van der Waals surface area contributed by atoms with Gasteiger partial charge in [-0.2, -0.15) is 13.2 Å². The fourth-order valence-electron chi connectivity index (χ4n) is 2.58. The second-order valence-corrected chi connectivity index (χ2v) is 5.29. The van der Waals surface area contributed by atoms with Gasteiger partial charge in [0.1, 0.15) is 5.75 Å². The van der Waals surface area contributed by atoms with Gasteiger partial charge in [-0.3, -0.25) is 4.79 Å². The molecule has 1 fully saturated rings. The van der Waals surface area contributed by atoms with Crippen molar-refractivity contribution in [3.8, 4) is 5.75 Å². The molecular weight excluding hydrogens is 299 g/mol. The van der Waals surface area contributed by atoms with E-state index in [1.165, 1.54) is 19.2 Å². The Morgan fingerprint density at radius 2 is 1.86 bits per heavy atom. The van der Waals surface area contributed by atoms with Crippen molar-refractivity contribution in [2.75, 3.05) is 20.2 Å². The van der Waals surface area contributed by atoms with E-state index in [4.69, 9.17) is 4.74 Å². The van der Waals surface area contributed by atoms with E-state index in [9.17, 15) is 23.1 Å². The molecule has 0 aliphatic carbocycles. The van der Waals surface area contributed by atoms with Crippen LogP contribution in [-0.4, -0.2) is 42.3 Å². The zero-order valence-electron chi connectivity index (χ0n) is 12.2. The fourth-order valence-corrected chi connectivity index (χ4v) is 2.58. The summed E-state index contributed by atoms with van der Waals surface area (Å²) in [6.45, 7) is 0.447. The molecule has 1 saturated heterocycles. The van der Waals surface area contributed by atoms with Crippen LogP contribution in [0, 0.1) is 0 Å². The SMILES string of the molecule is COc1cccc([C@@](O)(C(=O)N2CCCCC2)C(F)(F)F)c1. The van der Waals surface area contributed by atoms with Crippen LogP contribution < -0.4 is 4.74 Å². The Morgan fingerprint density at radius 3 is 2.41 bits per heavy atom. The number of hydrogen-bond donors (Lipinski definition) is 1. The Morgan fingerprint density at radius 1 is 1.23 bits per heavy atom. The Balaban J connectivity index is 2.45. The van der Waals surface area contributed by atoms with E-state index >= 15 is 0 Å². The molecule has 1 amide bonds. The zero-order chi connectivity index (χ0) is 16.4. The summed E-state index contributed by atoms with van der Waals surface area (Å²) < 4.78 is 45.4. The van der Waals surface area contributed by atoms with Crippen molar-refractivity contribution in [1.29, 1.82) is 0 Å². The van der Waals surface area contributed by atoms with Crippen LogP contribution in [0.1, 0.15) is 24.8 Å². The van der Waals surface area contributed by atoms with Crippen LogP contribution >= 0.6 is 0 Å². The Hall–Kier alpha value is -1.76. The first-order valence-electron chi connectivity index (χ1n) is 7.03. The smallest absolute Gasteiger partial charge is 0.430 e. The number of methoxy groups -OCH3 is 1. The van der Waals surface area contributed by atoms with E-state index in [0.717, 1.165) is 23.5 Å². The van der Waals surface area contributed by atoms with E-state index in [1.807, 2.05) is 0 Å². The topological polar surface area (TPSA) is 49.8 Å². The molecule has 4 nitrogen and oxygen atoms in total. The number of alkyl halides is 3. The summed E-state index contributed by atoms with van der Waals surface area (Å²) in [6, 6.07) is 4.88. The highest BCUT2D eigenvalue weighted by molar-refractivity contribution is 5.87. The summed E-state index contributed by atoms with van der Waals surface area (Å²) in [5, 5.41) is 10.3. The maximum Gasteiger partial charge on any atom is 0.430 e. The highest BCUT2D eigenvalue weighted by Crippen LogP contribution is 2.41. The lowest BCUT2D eigenvalue weighted by molar-refractivity contribution is -0.262. The molecular formula is C15H18F3NO3. The molecule has 1 heterocycles. The van der Waals surface area contributed by atoms with Crippen LogP contribution in [0.25, 0.3) is 0 Å². The minimum absolute atomic E-state index is 0.145. The van der Waals surface area contributed by atoms with Crippen molar-refractivity contribution in [2.45, 2.75) is 31.0 Å². The summed E-state index contributed by atoms with van der Waals surface area (Å²) in [5.41, 5.74) is -4.09. The number of rotatable bonds is 3. The molecule has 1 atom stereocenters. The van der Waals surface area contributed by atoms with Crippen molar-refractivity contribution >= 4 is 5.91 Å². The lowest BCUT2D eigenvalue weighted by Gasteiger charge is -2.36. The van der Waals surface area contributed by atoms with E-state index in [0.29, 0.717) is 12.8 Å². The predicted octanol–water partition coefficient (Wildman–Crippen LogP) is 2.46. The molecule has 0 radical (unpaired) electrons. The van der Waals surface area contributed by atoms with Crippen molar-refractivity contribution in [3.05, 3.63) is 29.8 Å². The van der Waals surface area contributed by atoms with Crippen LogP contribution in [0.15, 0.2) is 24.3 Å². The standard InChI is InChI=1S/C15H18F3NO3/c1-22-12-7-5-6-11(10-12)14(21,15(16,17)18)13(20)19-8-3-2-4-9-19/h5-7,10,21H,2-4,8-9H2,1H3/t14-/m1/s1. The van der Waals surface area contributed by atoms with Gasteiger partial charge in [0.05, 0.1) is 7.11 Å². The lowest BCUT2D eigenvalue weighted by Crippen LogP contribution is -2.56. The first-order chi connectivity index (χ1) is 10.3. The van der Waals surface area contributed by atoms with Crippen molar-refractivity contribution < 1.29 is 27.8 Å². The number of benzene rings is 1. The molecule has 1 aliphatic rings. The van der Waals surface area contributed by atoms with Gasteiger partial charge in [-0.15, -0.1) is 0 Å². The number of amides is 1. The van der Waals surface area contributed by atoms with Crippen molar-refractivity contribution in [1.82, 2.24) is 4.90 Å². The Bertz CT molecular complexity index is 541. The number of piperidine rings is 1. The van der Waals surface area contributed by atoms with Crippen molar-refractivity contribution in [3.63, 3.8) is 0 Å². The molecule has 0 saturated carbocycles. The number of ether oxygens (including phenoxy) is 1. The Labute approximate surface area is 126 Å². The Kier molecular flexibility index (Phi) is 4.65. The quantitative estimate of drug-likeness (QED) is 0.932. The number of likely N-dealkylation sites (tertiary alicyclic amines) is 1. The maximum atomic E-state index is 13.5. The first kappa shape index (κ1) is 16.6. The summed E-state index contributed by atoms with van der Waals surface area (Å²) in [7, 11) is 1.30.